The minimum Gasteiger partial charge on any atom is -0.458 e. The topological polar surface area (TPSA) is 52.6 Å². The number of benzene rings is 3. The van der Waals surface area contributed by atoms with Gasteiger partial charge in [-0.3, -0.25) is 4.79 Å². The molecule has 0 saturated heterocycles. The highest BCUT2D eigenvalue weighted by molar-refractivity contribution is 6.30. The van der Waals surface area contributed by atoms with Gasteiger partial charge in [-0.2, -0.15) is 0 Å². The summed E-state index contributed by atoms with van der Waals surface area (Å²) >= 11 is 5.88. The summed E-state index contributed by atoms with van der Waals surface area (Å²) < 4.78 is 10.8. The van der Waals surface area contributed by atoms with E-state index in [1.807, 2.05) is 48.5 Å². The molecule has 29 heavy (non-hydrogen) atoms. The molecule has 1 atom stereocenters. The molecular weight excluding hydrogens is 388 g/mol. The zero-order valence-electron chi connectivity index (χ0n) is 16.2. The second kappa shape index (κ2) is 9.39. The smallest absolute Gasteiger partial charge is 0.338 e. The average molecular weight is 409 g/mol. The third-order valence-electron chi connectivity index (χ3n) is 4.44. The SMILES string of the molecule is CC(=O)OC(C)c1cc(C(=O)OCc2ccc(Cl)cc2)ccc1-c1ccccc1. The predicted octanol–water partition coefficient (Wildman–Crippen LogP) is 5.99. The number of rotatable bonds is 6. The van der Waals surface area contributed by atoms with Crippen LogP contribution in [0.4, 0.5) is 0 Å². The molecule has 0 bridgehead atoms. The van der Waals surface area contributed by atoms with Crippen molar-refractivity contribution in [2.45, 2.75) is 26.6 Å². The Balaban J connectivity index is 1.86. The van der Waals surface area contributed by atoms with E-state index in [0.717, 1.165) is 22.3 Å². The van der Waals surface area contributed by atoms with E-state index < -0.39 is 12.1 Å². The second-order valence-electron chi connectivity index (χ2n) is 6.62. The molecule has 0 spiro atoms. The molecule has 0 amide bonds. The molecule has 0 aromatic heterocycles. The van der Waals surface area contributed by atoms with E-state index in [1.54, 1.807) is 31.2 Å². The number of esters is 2. The molecule has 4 nitrogen and oxygen atoms in total. The summed E-state index contributed by atoms with van der Waals surface area (Å²) in [5, 5.41) is 0.626. The van der Waals surface area contributed by atoms with Crippen molar-refractivity contribution in [1.29, 1.82) is 0 Å². The Morgan fingerprint density at radius 2 is 1.66 bits per heavy atom. The Morgan fingerprint density at radius 3 is 2.31 bits per heavy atom. The van der Waals surface area contributed by atoms with Gasteiger partial charge in [0.15, 0.2) is 0 Å². The number of hydrogen-bond acceptors (Lipinski definition) is 4. The molecular formula is C24H21ClO4. The normalized spacial score (nSPS) is 11.6. The lowest BCUT2D eigenvalue weighted by molar-refractivity contribution is -0.145. The van der Waals surface area contributed by atoms with E-state index in [0.29, 0.717) is 10.6 Å². The van der Waals surface area contributed by atoms with Crippen molar-refractivity contribution in [2.75, 3.05) is 0 Å². The molecule has 0 heterocycles. The summed E-state index contributed by atoms with van der Waals surface area (Å²) in [6, 6.07) is 22.1. The number of ether oxygens (including phenoxy) is 2. The van der Waals surface area contributed by atoms with Gasteiger partial charge in [0.2, 0.25) is 0 Å². The van der Waals surface area contributed by atoms with Gasteiger partial charge >= 0.3 is 11.9 Å². The molecule has 0 fully saturated rings. The molecule has 5 heteroatoms. The molecule has 0 radical (unpaired) electrons. The second-order valence-corrected chi connectivity index (χ2v) is 7.06. The van der Waals surface area contributed by atoms with Crippen LogP contribution < -0.4 is 0 Å². The van der Waals surface area contributed by atoms with E-state index >= 15 is 0 Å². The Labute approximate surface area is 175 Å². The van der Waals surface area contributed by atoms with Crippen LogP contribution >= 0.6 is 11.6 Å². The van der Waals surface area contributed by atoms with Gasteiger partial charge in [0.05, 0.1) is 5.56 Å². The highest BCUT2D eigenvalue weighted by Crippen LogP contribution is 2.31. The van der Waals surface area contributed by atoms with Crippen molar-refractivity contribution >= 4 is 23.5 Å². The van der Waals surface area contributed by atoms with Crippen LogP contribution in [-0.4, -0.2) is 11.9 Å². The van der Waals surface area contributed by atoms with Gasteiger partial charge in [-0.25, -0.2) is 4.79 Å². The summed E-state index contributed by atoms with van der Waals surface area (Å²) in [5.74, 6) is -0.830. The minimum absolute atomic E-state index is 0.144. The van der Waals surface area contributed by atoms with E-state index in [2.05, 4.69) is 0 Å². The third-order valence-corrected chi connectivity index (χ3v) is 4.69. The van der Waals surface area contributed by atoms with Gasteiger partial charge in [0.25, 0.3) is 0 Å². The fraction of sp³-hybridized carbons (Fsp3) is 0.167. The number of halogens is 1. The van der Waals surface area contributed by atoms with Crippen LogP contribution in [0.15, 0.2) is 72.8 Å². The molecule has 0 aliphatic rings. The van der Waals surface area contributed by atoms with Crippen molar-refractivity contribution in [1.82, 2.24) is 0 Å². The Kier molecular flexibility index (Phi) is 6.68. The van der Waals surface area contributed by atoms with Gasteiger partial charge in [0.1, 0.15) is 12.7 Å². The van der Waals surface area contributed by atoms with Crippen LogP contribution in [0.3, 0.4) is 0 Å². The zero-order chi connectivity index (χ0) is 20.8. The van der Waals surface area contributed by atoms with Crippen LogP contribution in [0.1, 0.15) is 41.4 Å². The molecule has 0 aliphatic heterocycles. The van der Waals surface area contributed by atoms with E-state index in [-0.39, 0.29) is 12.6 Å². The van der Waals surface area contributed by atoms with Crippen molar-refractivity contribution in [3.63, 3.8) is 0 Å². The van der Waals surface area contributed by atoms with Gasteiger partial charge < -0.3 is 9.47 Å². The lowest BCUT2D eigenvalue weighted by Gasteiger charge is -2.18. The first-order valence-corrected chi connectivity index (χ1v) is 9.60. The molecule has 1 unspecified atom stereocenters. The lowest BCUT2D eigenvalue weighted by Crippen LogP contribution is -2.10. The largest absolute Gasteiger partial charge is 0.458 e. The van der Waals surface area contributed by atoms with Crippen molar-refractivity contribution < 1.29 is 19.1 Å². The summed E-state index contributed by atoms with van der Waals surface area (Å²) in [7, 11) is 0. The van der Waals surface area contributed by atoms with Gasteiger partial charge in [-0.05, 0) is 47.9 Å². The Hall–Kier alpha value is -3.11. The maximum Gasteiger partial charge on any atom is 0.338 e. The maximum absolute atomic E-state index is 12.6. The molecule has 3 rings (SSSR count). The fourth-order valence-electron chi connectivity index (χ4n) is 3.03. The first kappa shape index (κ1) is 20.6. The number of carbonyl (C=O) groups excluding carboxylic acids is 2. The van der Waals surface area contributed by atoms with Crippen LogP contribution in [0.25, 0.3) is 11.1 Å². The molecule has 0 N–H and O–H groups in total. The standard InChI is InChI=1S/C24H21ClO4/c1-16(29-17(2)26)23-14-20(10-13-22(23)19-6-4-3-5-7-19)24(27)28-15-18-8-11-21(25)12-9-18/h3-14,16H,15H2,1-2H3. The molecule has 0 aliphatic carbocycles. The summed E-state index contributed by atoms with van der Waals surface area (Å²) in [4.78, 5) is 24.0. The highest BCUT2D eigenvalue weighted by atomic mass is 35.5. The number of carbonyl (C=O) groups is 2. The van der Waals surface area contributed by atoms with Crippen LogP contribution in [0.2, 0.25) is 5.02 Å². The lowest BCUT2D eigenvalue weighted by atomic mass is 9.94. The summed E-state index contributed by atoms with van der Waals surface area (Å²) in [6.07, 6.45) is -0.508. The molecule has 0 saturated carbocycles. The third kappa shape index (κ3) is 5.46. The minimum atomic E-state index is -0.508. The van der Waals surface area contributed by atoms with Crippen molar-refractivity contribution in [3.8, 4) is 11.1 Å². The summed E-state index contributed by atoms with van der Waals surface area (Å²) in [6.45, 7) is 3.29. The maximum atomic E-state index is 12.6. The predicted molar refractivity (Wildman–Crippen MR) is 113 cm³/mol. The van der Waals surface area contributed by atoms with E-state index in [4.69, 9.17) is 21.1 Å². The van der Waals surface area contributed by atoms with Crippen molar-refractivity contribution in [2.24, 2.45) is 0 Å². The average Bonchev–Trinajstić information content (AvgIpc) is 2.73. The van der Waals surface area contributed by atoms with Gasteiger partial charge in [-0.15, -0.1) is 0 Å². The van der Waals surface area contributed by atoms with Crippen LogP contribution in [0.5, 0.6) is 0 Å². The molecule has 148 valence electrons. The molecule has 3 aromatic carbocycles. The summed E-state index contributed by atoms with van der Waals surface area (Å²) in [5.41, 5.74) is 3.85. The first-order chi connectivity index (χ1) is 13.9. The van der Waals surface area contributed by atoms with Crippen molar-refractivity contribution in [3.05, 3.63) is 94.5 Å². The van der Waals surface area contributed by atoms with E-state index in [9.17, 15) is 9.59 Å². The first-order valence-electron chi connectivity index (χ1n) is 9.22. The van der Waals surface area contributed by atoms with Crippen LogP contribution in [0, 0.1) is 0 Å². The quantitative estimate of drug-likeness (QED) is 0.470. The van der Waals surface area contributed by atoms with Gasteiger partial charge in [0, 0.05) is 17.5 Å². The number of hydrogen-bond donors (Lipinski definition) is 0. The monoisotopic (exact) mass is 408 g/mol. The molecule has 3 aromatic rings. The zero-order valence-corrected chi connectivity index (χ0v) is 17.0. The Bertz CT molecular complexity index is 997. The Morgan fingerprint density at radius 1 is 0.966 bits per heavy atom. The van der Waals surface area contributed by atoms with E-state index in [1.165, 1.54) is 6.92 Å². The fourth-order valence-corrected chi connectivity index (χ4v) is 3.16. The van der Waals surface area contributed by atoms with Gasteiger partial charge in [-0.1, -0.05) is 60.1 Å². The van der Waals surface area contributed by atoms with Crippen LogP contribution in [-0.2, 0) is 20.9 Å². The highest BCUT2D eigenvalue weighted by Gasteiger charge is 2.18.